The third kappa shape index (κ3) is 35.6. The number of carbonyl (C=O) groups excluding carboxylic acids is 2. The van der Waals surface area contributed by atoms with E-state index in [1.165, 1.54) is 135 Å². The highest BCUT2D eigenvalue weighted by molar-refractivity contribution is 5.80. The Kier molecular flexibility index (Phi) is 44.1. The van der Waals surface area contributed by atoms with Gasteiger partial charge >= 0.3 is 5.97 Å². The zero-order valence-corrected chi connectivity index (χ0v) is 44.4. The number of amides is 1. The Labute approximate surface area is 422 Å². The molecular weight excluding hydrogens is 871 g/mol. The first-order chi connectivity index (χ1) is 33.7. The van der Waals surface area contributed by atoms with Crippen molar-refractivity contribution in [2.24, 2.45) is 0 Å². The Morgan fingerprint density at radius 2 is 0.957 bits per heavy atom. The number of esters is 1. The van der Waals surface area contributed by atoms with E-state index in [-0.39, 0.29) is 19.4 Å². The second-order valence-corrected chi connectivity index (χ2v) is 20.0. The van der Waals surface area contributed by atoms with Gasteiger partial charge in [0.25, 0.3) is 0 Å². The van der Waals surface area contributed by atoms with Gasteiger partial charge in [-0.15, -0.1) is 0 Å². The smallest absolute Gasteiger partial charge is 0.306 e. The van der Waals surface area contributed by atoms with Crippen LogP contribution in [0.15, 0.2) is 36.5 Å². The first-order valence-corrected chi connectivity index (χ1v) is 28.8. The number of ether oxygens (including phenoxy) is 3. The van der Waals surface area contributed by atoms with Crippen molar-refractivity contribution in [1.82, 2.24) is 5.32 Å². The zero-order valence-electron chi connectivity index (χ0n) is 44.4. The van der Waals surface area contributed by atoms with Crippen molar-refractivity contribution in [1.29, 1.82) is 0 Å². The maximum atomic E-state index is 13.4. The summed E-state index contributed by atoms with van der Waals surface area (Å²) in [6.45, 7) is 5.75. The second kappa shape index (κ2) is 46.9. The second-order valence-electron chi connectivity index (χ2n) is 20.0. The molecule has 1 heterocycles. The average molecular weight is 978 g/mol. The summed E-state index contributed by atoms with van der Waals surface area (Å²) < 4.78 is 17.5. The number of nitrogens with one attached hydrogen (secondary N) is 1. The average Bonchev–Trinajstić information content (AvgIpc) is 3.34. The van der Waals surface area contributed by atoms with Gasteiger partial charge in [-0.25, -0.2) is 0 Å². The summed E-state index contributed by atoms with van der Waals surface area (Å²) in [6.07, 6.45) is 43.3. The van der Waals surface area contributed by atoms with Gasteiger partial charge in [0.1, 0.15) is 24.4 Å². The Morgan fingerprint density at radius 1 is 0.551 bits per heavy atom. The van der Waals surface area contributed by atoms with E-state index in [0.29, 0.717) is 12.8 Å². The summed E-state index contributed by atoms with van der Waals surface area (Å²) in [5.41, 5.74) is 0. The van der Waals surface area contributed by atoms with Gasteiger partial charge in [-0.1, -0.05) is 211 Å². The molecule has 69 heavy (non-hydrogen) atoms. The molecule has 0 aromatic carbocycles. The fourth-order valence-corrected chi connectivity index (χ4v) is 8.88. The van der Waals surface area contributed by atoms with E-state index >= 15 is 0 Å². The van der Waals surface area contributed by atoms with Crippen molar-refractivity contribution in [3.63, 3.8) is 0 Å². The molecule has 6 N–H and O–H groups in total. The summed E-state index contributed by atoms with van der Waals surface area (Å²) in [4.78, 5) is 26.4. The molecule has 0 aliphatic carbocycles. The van der Waals surface area contributed by atoms with Gasteiger partial charge in [-0.3, -0.25) is 9.59 Å². The molecule has 0 aromatic heterocycles. The molecule has 1 rings (SSSR count). The van der Waals surface area contributed by atoms with E-state index in [1.54, 1.807) is 6.08 Å². The van der Waals surface area contributed by atoms with E-state index in [1.807, 2.05) is 6.08 Å². The van der Waals surface area contributed by atoms with E-state index in [9.17, 15) is 35.1 Å². The number of carbonyl (C=O) groups is 2. The quantitative estimate of drug-likeness (QED) is 0.0196. The van der Waals surface area contributed by atoms with E-state index in [4.69, 9.17) is 14.2 Å². The maximum Gasteiger partial charge on any atom is 0.306 e. The van der Waals surface area contributed by atoms with Crippen molar-refractivity contribution in [2.75, 3.05) is 13.2 Å². The van der Waals surface area contributed by atoms with Crippen LogP contribution in [0.1, 0.15) is 258 Å². The topological polar surface area (TPSA) is 175 Å². The third-order valence-electron chi connectivity index (χ3n) is 13.5. The highest BCUT2D eigenvalue weighted by Gasteiger charge is 2.47. The van der Waals surface area contributed by atoms with Crippen molar-refractivity contribution in [2.45, 2.75) is 307 Å². The van der Waals surface area contributed by atoms with Crippen molar-refractivity contribution in [3.8, 4) is 0 Å². The summed E-state index contributed by atoms with van der Waals surface area (Å²) >= 11 is 0. The lowest BCUT2D eigenvalue weighted by atomic mass is 9.99. The first-order valence-electron chi connectivity index (χ1n) is 28.8. The predicted molar refractivity (Wildman–Crippen MR) is 283 cm³/mol. The van der Waals surface area contributed by atoms with Crippen LogP contribution in [0.2, 0.25) is 0 Å². The normalized spacial score (nSPS) is 20.0. The number of unbranched alkanes of at least 4 members (excludes halogenated alkanes) is 30. The number of allylic oxidation sites excluding steroid dienone is 5. The number of aliphatic hydroxyl groups excluding tert-OH is 5. The van der Waals surface area contributed by atoms with Crippen LogP contribution in [0.3, 0.4) is 0 Å². The standard InChI is InChI=1S/C58H107NO10/c1-4-7-10-13-16-19-22-25-27-30-33-36-39-42-45-51(62)57(66)59-49(50(61)44-41-38-35-32-29-24-21-18-15-12-9-6-3)48-67-58-56(55(65)54(64)52(47-60)68-58)69-53(63)46-43-40-37-34-31-28-26-23-20-17-14-11-8-5-2/h19,22,28,31,41,44,49-52,54-56,58,60-62,64-65H,4-18,20-21,23-27,29-30,32-40,42-43,45-48H2,1-3H3,(H,59,66)/b22-19-,31-28-,44-41+. The molecule has 1 fully saturated rings. The summed E-state index contributed by atoms with van der Waals surface area (Å²) in [6, 6.07) is -1.03. The Morgan fingerprint density at radius 3 is 1.42 bits per heavy atom. The fourth-order valence-electron chi connectivity index (χ4n) is 8.88. The Bertz CT molecular complexity index is 1260. The molecule has 1 aliphatic heterocycles. The molecule has 0 radical (unpaired) electrons. The van der Waals surface area contributed by atoms with Crippen LogP contribution in [0, 0.1) is 0 Å². The van der Waals surface area contributed by atoms with Crippen LogP contribution in [-0.2, 0) is 23.8 Å². The highest BCUT2D eigenvalue weighted by atomic mass is 16.7. The van der Waals surface area contributed by atoms with E-state index in [0.717, 1.165) is 77.0 Å². The number of aliphatic hydroxyl groups is 5. The van der Waals surface area contributed by atoms with Crippen LogP contribution in [-0.4, -0.2) is 99.6 Å². The molecule has 11 heteroatoms. The molecule has 1 amide bonds. The first kappa shape index (κ1) is 64.9. The van der Waals surface area contributed by atoms with Crippen LogP contribution in [0.4, 0.5) is 0 Å². The molecule has 0 saturated carbocycles. The fraction of sp³-hybridized carbons (Fsp3) is 0.862. The lowest BCUT2D eigenvalue weighted by molar-refractivity contribution is -0.305. The summed E-state index contributed by atoms with van der Waals surface area (Å²) in [5.74, 6) is -1.21. The zero-order chi connectivity index (χ0) is 50.4. The number of rotatable bonds is 48. The number of hydrogen-bond donors (Lipinski definition) is 6. The van der Waals surface area contributed by atoms with Gasteiger partial charge in [0.15, 0.2) is 12.4 Å². The van der Waals surface area contributed by atoms with Crippen LogP contribution in [0.5, 0.6) is 0 Å². The lowest BCUT2D eigenvalue weighted by Crippen LogP contribution is -2.61. The van der Waals surface area contributed by atoms with Gasteiger partial charge in [-0.2, -0.15) is 0 Å². The lowest BCUT2D eigenvalue weighted by Gasteiger charge is -2.41. The van der Waals surface area contributed by atoms with Crippen LogP contribution < -0.4 is 5.32 Å². The molecule has 11 nitrogen and oxygen atoms in total. The molecule has 0 bridgehead atoms. The van der Waals surface area contributed by atoms with Gasteiger partial charge < -0.3 is 45.1 Å². The molecule has 8 unspecified atom stereocenters. The van der Waals surface area contributed by atoms with Crippen molar-refractivity contribution in [3.05, 3.63) is 36.5 Å². The maximum absolute atomic E-state index is 13.4. The number of hydrogen-bond acceptors (Lipinski definition) is 10. The summed E-state index contributed by atoms with van der Waals surface area (Å²) in [5, 5.41) is 56.8. The highest BCUT2D eigenvalue weighted by Crippen LogP contribution is 2.26. The van der Waals surface area contributed by atoms with E-state index < -0.39 is 67.4 Å². The predicted octanol–water partition coefficient (Wildman–Crippen LogP) is 12.7. The molecule has 1 aliphatic rings. The summed E-state index contributed by atoms with van der Waals surface area (Å²) in [7, 11) is 0. The molecule has 404 valence electrons. The van der Waals surface area contributed by atoms with E-state index in [2.05, 4.69) is 50.4 Å². The molecule has 0 aromatic rings. The van der Waals surface area contributed by atoms with Gasteiger partial charge in [0.2, 0.25) is 5.91 Å². The minimum absolute atomic E-state index is 0.104. The minimum Gasteiger partial charge on any atom is -0.454 e. The van der Waals surface area contributed by atoms with Crippen molar-refractivity contribution < 1.29 is 49.3 Å². The van der Waals surface area contributed by atoms with Crippen LogP contribution >= 0.6 is 0 Å². The van der Waals surface area contributed by atoms with Gasteiger partial charge in [0, 0.05) is 6.42 Å². The molecule has 1 saturated heterocycles. The SMILES string of the molecule is CCCCCC/C=C\CCCCCCCCC(O)C(=O)NC(COC1OC(CO)C(O)C(O)C1OC(=O)CCCCC/C=C\CCCCCCCCC)C(O)/C=C/CCCCCCCCCCCC. The molecule has 0 spiro atoms. The van der Waals surface area contributed by atoms with Crippen molar-refractivity contribution >= 4 is 11.9 Å². The van der Waals surface area contributed by atoms with Gasteiger partial charge in [-0.05, 0) is 77.0 Å². The Hall–Kier alpha value is -2.12. The monoisotopic (exact) mass is 978 g/mol. The largest absolute Gasteiger partial charge is 0.454 e. The third-order valence-corrected chi connectivity index (χ3v) is 13.5. The van der Waals surface area contributed by atoms with Gasteiger partial charge in [0.05, 0.1) is 25.4 Å². The molecular formula is C58H107NO10. The Balaban J connectivity index is 2.75. The minimum atomic E-state index is -1.62. The van der Waals surface area contributed by atoms with Crippen LogP contribution in [0.25, 0.3) is 0 Å². The molecule has 8 atom stereocenters.